The van der Waals surface area contributed by atoms with Crippen LogP contribution in [0.5, 0.6) is 0 Å². The zero-order chi connectivity index (χ0) is 11.0. The summed E-state index contributed by atoms with van der Waals surface area (Å²) in [6.45, 7) is 10.7. The number of nitrogens with zero attached hydrogens (tertiary/aromatic N) is 1. The van der Waals surface area contributed by atoms with Crippen LogP contribution in [0.15, 0.2) is 12.2 Å². The predicted octanol–water partition coefficient (Wildman–Crippen LogP) is 2.27. The molecule has 14 heavy (non-hydrogen) atoms. The number of nitrogens with one attached hydrogen (secondary N) is 1. The summed E-state index contributed by atoms with van der Waals surface area (Å²) in [4.78, 5) is 2.23. The SMILES string of the molecule is C=C(CC)CC(CN(C)C)NCCC. The van der Waals surface area contributed by atoms with E-state index in [0.29, 0.717) is 6.04 Å². The van der Waals surface area contributed by atoms with Crippen LogP contribution in [0.25, 0.3) is 0 Å². The Morgan fingerprint density at radius 1 is 1.36 bits per heavy atom. The second kappa shape index (κ2) is 8.01. The van der Waals surface area contributed by atoms with Crippen molar-refractivity contribution < 1.29 is 0 Å². The first-order valence-corrected chi connectivity index (χ1v) is 5.64. The summed E-state index contributed by atoms with van der Waals surface area (Å²) >= 11 is 0. The Labute approximate surface area is 89.4 Å². The number of hydrogen-bond acceptors (Lipinski definition) is 2. The van der Waals surface area contributed by atoms with Crippen LogP contribution in [0.1, 0.15) is 33.1 Å². The van der Waals surface area contributed by atoms with Crippen molar-refractivity contribution in [2.75, 3.05) is 27.2 Å². The molecular formula is C12H26N2. The van der Waals surface area contributed by atoms with E-state index in [1.165, 1.54) is 12.0 Å². The average Bonchev–Trinajstić information content (AvgIpc) is 2.13. The van der Waals surface area contributed by atoms with Crippen molar-refractivity contribution in [3.05, 3.63) is 12.2 Å². The van der Waals surface area contributed by atoms with Crippen molar-refractivity contribution in [2.45, 2.75) is 39.2 Å². The fraction of sp³-hybridized carbons (Fsp3) is 0.833. The zero-order valence-electron chi connectivity index (χ0n) is 10.3. The van der Waals surface area contributed by atoms with Gasteiger partial charge in [0.25, 0.3) is 0 Å². The van der Waals surface area contributed by atoms with Gasteiger partial charge in [-0.1, -0.05) is 26.0 Å². The van der Waals surface area contributed by atoms with Gasteiger partial charge in [0.15, 0.2) is 0 Å². The minimum absolute atomic E-state index is 0.567. The Morgan fingerprint density at radius 3 is 2.43 bits per heavy atom. The number of likely N-dealkylation sites (N-methyl/N-ethyl adjacent to an activating group) is 1. The summed E-state index contributed by atoms with van der Waals surface area (Å²) in [7, 11) is 4.24. The molecule has 0 bridgehead atoms. The van der Waals surface area contributed by atoms with Crippen LogP contribution < -0.4 is 5.32 Å². The van der Waals surface area contributed by atoms with Gasteiger partial charge >= 0.3 is 0 Å². The van der Waals surface area contributed by atoms with Gasteiger partial charge in [0.2, 0.25) is 0 Å². The molecule has 1 atom stereocenters. The molecule has 0 saturated heterocycles. The highest BCUT2D eigenvalue weighted by atomic mass is 15.1. The molecule has 2 nitrogen and oxygen atoms in total. The Morgan fingerprint density at radius 2 is 2.00 bits per heavy atom. The van der Waals surface area contributed by atoms with Crippen molar-refractivity contribution in [2.24, 2.45) is 0 Å². The molecule has 0 fully saturated rings. The van der Waals surface area contributed by atoms with Crippen molar-refractivity contribution in [3.8, 4) is 0 Å². The minimum Gasteiger partial charge on any atom is -0.312 e. The van der Waals surface area contributed by atoms with Crippen LogP contribution in [0.4, 0.5) is 0 Å². The van der Waals surface area contributed by atoms with Crippen LogP contribution in [0, 0.1) is 0 Å². The van der Waals surface area contributed by atoms with Gasteiger partial charge in [0.1, 0.15) is 0 Å². The highest BCUT2D eigenvalue weighted by Gasteiger charge is 2.09. The molecule has 0 radical (unpaired) electrons. The summed E-state index contributed by atoms with van der Waals surface area (Å²) in [6, 6.07) is 0.567. The fourth-order valence-electron chi connectivity index (χ4n) is 1.48. The predicted molar refractivity (Wildman–Crippen MR) is 64.7 cm³/mol. The van der Waals surface area contributed by atoms with Crippen LogP contribution in [0.3, 0.4) is 0 Å². The molecule has 1 unspecified atom stereocenters. The van der Waals surface area contributed by atoms with E-state index in [-0.39, 0.29) is 0 Å². The van der Waals surface area contributed by atoms with Gasteiger partial charge in [-0.25, -0.2) is 0 Å². The van der Waals surface area contributed by atoms with E-state index in [9.17, 15) is 0 Å². The molecule has 0 aromatic carbocycles. The lowest BCUT2D eigenvalue weighted by atomic mass is 10.1. The van der Waals surface area contributed by atoms with Gasteiger partial charge in [0.05, 0.1) is 0 Å². The lowest BCUT2D eigenvalue weighted by Crippen LogP contribution is -2.38. The molecule has 0 heterocycles. The summed E-state index contributed by atoms with van der Waals surface area (Å²) in [5, 5.41) is 3.56. The largest absolute Gasteiger partial charge is 0.312 e. The Balaban J connectivity index is 3.89. The molecule has 0 amide bonds. The first-order valence-electron chi connectivity index (χ1n) is 5.64. The first kappa shape index (κ1) is 13.7. The molecule has 2 heteroatoms. The second-order valence-corrected chi connectivity index (χ2v) is 4.22. The standard InChI is InChI=1S/C12H26N2/c1-6-8-13-12(10-14(4)5)9-11(3)7-2/h12-13H,3,6-10H2,1-2,4-5H3. The normalized spacial score (nSPS) is 13.2. The zero-order valence-corrected chi connectivity index (χ0v) is 10.3. The highest BCUT2D eigenvalue weighted by molar-refractivity contribution is 4.97. The van der Waals surface area contributed by atoms with Crippen molar-refractivity contribution in [1.29, 1.82) is 0 Å². The third-order valence-electron chi connectivity index (χ3n) is 2.30. The molecule has 0 aromatic rings. The van der Waals surface area contributed by atoms with Gasteiger partial charge in [0, 0.05) is 12.6 Å². The van der Waals surface area contributed by atoms with Gasteiger partial charge < -0.3 is 10.2 Å². The third-order valence-corrected chi connectivity index (χ3v) is 2.30. The molecular weight excluding hydrogens is 172 g/mol. The second-order valence-electron chi connectivity index (χ2n) is 4.22. The molecule has 0 rings (SSSR count). The smallest absolute Gasteiger partial charge is 0.0231 e. The van der Waals surface area contributed by atoms with E-state index in [4.69, 9.17) is 0 Å². The van der Waals surface area contributed by atoms with Crippen LogP contribution in [-0.4, -0.2) is 38.1 Å². The Kier molecular flexibility index (Phi) is 7.81. The van der Waals surface area contributed by atoms with Crippen LogP contribution in [0.2, 0.25) is 0 Å². The molecule has 0 aromatic heterocycles. The van der Waals surface area contributed by atoms with E-state index < -0.39 is 0 Å². The monoisotopic (exact) mass is 198 g/mol. The van der Waals surface area contributed by atoms with Crippen molar-refractivity contribution in [1.82, 2.24) is 10.2 Å². The van der Waals surface area contributed by atoms with E-state index in [1.807, 2.05) is 0 Å². The Hall–Kier alpha value is -0.340. The number of rotatable bonds is 8. The van der Waals surface area contributed by atoms with Gasteiger partial charge in [-0.05, 0) is 39.9 Å². The quantitative estimate of drug-likeness (QED) is 0.602. The highest BCUT2D eigenvalue weighted by Crippen LogP contribution is 2.07. The molecule has 0 aliphatic rings. The lowest BCUT2D eigenvalue weighted by molar-refractivity contribution is 0.335. The molecule has 1 N–H and O–H groups in total. The average molecular weight is 198 g/mol. The topological polar surface area (TPSA) is 15.3 Å². The van der Waals surface area contributed by atoms with Gasteiger partial charge in [-0.15, -0.1) is 0 Å². The molecule has 0 saturated carbocycles. The maximum Gasteiger partial charge on any atom is 0.0231 e. The van der Waals surface area contributed by atoms with E-state index in [0.717, 1.165) is 25.9 Å². The molecule has 0 aliphatic heterocycles. The Bertz CT molecular complexity index is 152. The van der Waals surface area contributed by atoms with Crippen LogP contribution in [-0.2, 0) is 0 Å². The van der Waals surface area contributed by atoms with Crippen molar-refractivity contribution in [3.63, 3.8) is 0 Å². The minimum atomic E-state index is 0.567. The fourth-order valence-corrected chi connectivity index (χ4v) is 1.48. The van der Waals surface area contributed by atoms with Gasteiger partial charge in [-0.2, -0.15) is 0 Å². The van der Waals surface area contributed by atoms with E-state index >= 15 is 0 Å². The number of hydrogen-bond donors (Lipinski definition) is 1. The summed E-state index contributed by atoms with van der Waals surface area (Å²) in [6.07, 6.45) is 3.40. The summed E-state index contributed by atoms with van der Waals surface area (Å²) < 4.78 is 0. The van der Waals surface area contributed by atoms with Gasteiger partial charge in [-0.3, -0.25) is 0 Å². The van der Waals surface area contributed by atoms with E-state index in [2.05, 4.69) is 44.7 Å². The first-order chi connectivity index (χ1) is 6.60. The molecule has 84 valence electrons. The van der Waals surface area contributed by atoms with Crippen LogP contribution >= 0.6 is 0 Å². The maximum atomic E-state index is 4.07. The maximum absolute atomic E-state index is 4.07. The summed E-state index contributed by atoms with van der Waals surface area (Å²) in [5.74, 6) is 0. The van der Waals surface area contributed by atoms with Crippen molar-refractivity contribution >= 4 is 0 Å². The lowest BCUT2D eigenvalue weighted by Gasteiger charge is -2.22. The third kappa shape index (κ3) is 7.10. The van der Waals surface area contributed by atoms with E-state index in [1.54, 1.807) is 0 Å². The molecule has 0 aliphatic carbocycles. The summed E-state index contributed by atoms with van der Waals surface area (Å²) in [5.41, 5.74) is 1.35. The molecule has 0 spiro atoms.